The highest BCUT2D eigenvalue weighted by Gasteiger charge is 2.17. The van der Waals surface area contributed by atoms with E-state index in [2.05, 4.69) is 17.4 Å². The van der Waals surface area contributed by atoms with Crippen LogP contribution in [0.3, 0.4) is 0 Å². The normalized spacial score (nSPS) is 10.8. The Balaban J connectivity index is 1.58. The van der Waals surface area contributed by atoms with Gasteiger partial charge in [0.2, 0.25) is 0 Å². The molecule has 0 fully saturated rings. The molecule has 3 heteroatoms. The van der Waals surface area contributed by atoms with Crippen molar-refractivity contribution in [2.75, 3.05) is 5.32 Å². The Morgan fingerprint density at radius 2 is 1.54 bits per heavy atom. The Kier molecular flexibility index (Phi) is 4.05. The Labute approximate surface area is 152 Å². The SMILES string of the molecule is Cc1ccc2oc(C(=O)Nc3ccc(-c4ccccc4)cc3)c(C)c2c1. The maximum absolute atomic E-state index is 12.6. The molecule has 0 atom stereocenters. The molecule has 1 aromatic heterocycles. The summed E-state index contributed by atoms with van der Waals surface area (Å²) in [6.45, 7) is 3.94. The number of furan rings is 1. The van der Waals surface area contributed by atoms with Crippen molar-refractivity contribution in [3.63, 3.8) is 0 Å². The summed E-state index contributed by atoms with van der Waals surface area (Å²) in [7, 11) is 0. The monoisotopic (exact) mass is 341 g/mol. The maximum atomic E-state index is 12.6. The summed E-state index contributed by atoms with van der Waals surface area (Å²) in [5.41, 5.74) is 5.74. The van der Waals surface area contributed by atoms with Gasteiger partial charge in [0, 0.05) is 16.6 Å². The molecule has 4 aromatic rings. The molecule has 0 aliphatic rings. The van der Waals surface area contributed by atoms with Crippen LogP contribution in [0.25, 0.3) is 22.1 Å². The number of benzene rings is 3. The van der Waals surface area contributed by atoms with Gasteiger partial charge in [-0.3, -0.25) is 4.79 Å². The third-order valence-electron chi connectivity index (χ3n) is 4.55. The highest BCUT2D eigenvalue weighted by atomic mass is 16.3. The van der Waals surface area contributed by atoms with Crippen molar-refractivity contribution in [2.24, 2.45) is 0 Å². The van der Waals surface area contributed by atoms with Crippen molar-refractivity contribution in [2.45, 2.75) is 13.8 Å². The molecule has 3 aromatic carbocycles. The molecule has 0 aliphatic carbocycles. The van der Waals surface area contributed by atoms with E-state index >= 15 is 0 Å². The minimum absolute atomic E-state index is 0.233. The molecule has 26 heavy (non-hydrogen) atoms. The van der Waals surface area contributed by atoms with Crippen molar-refractivity contribution in [3.8, 4) is 11.1 Å². The summed E-state index contributed by atoms with van der Waals surface area (Å²) in [6, 6.07) is 23.9. The molecule has 1 heterocycles. The van der Waals surface area contributed by atoms with Gasteiger partial charge < -0.3 is 9.73 Å². The van der Waals surface area contributed by atoms with Gasteiger partial charge in [0.25, 0.3) is 5.91 Å². The Bertz CT molecular complexity index is 1080. The second-order valence-corrected chi connectivity index (χ2v) is 6.45. The average molecular weight is 341 g/mol. The van der Waals surface area contributed by atoms with Crippen LogP contribution in [-0.4, -0.2) is 5.91 Å². The van der Waals surface area contributed by atoms with Crippen LogP contribution in [0.15, 0.2) is 77.2 Å². The van der Waals surface area contributed by atoms with E-state index in [0.717, 1.165) is 38.9 Å². The molecule has 0 saturated carbocycles. The standard InChI is InChI=1S/C23H19NO2/c1-15-8-13-21-20(14-15)16(2)22(26-21)23(25)24-19-11-9-18(10-12-19)17-6-4-3-5-7-17/h3-14H,1-2H3,(H,24,25). The zero-order valence-electron chi connectivity index (χ0n) is 14.7. The lowest BCUT2D eigenvalue weighted by Gasteiger charge is -2.06. The zero-order chi connectivity index (χ0) is 18.1. The molecule has 4 rings (SSSR count). The molecule has 1 N–H and O–H groups in total. The van der Waals surface area contributed by atoms with Gasteiger partial charge in [-0.2, -0.15) is 0 Å². The van der Waals surface area contributed by atoms with Crippen LogP contribution in [0.1, 0.15) is 21.7 Å². The smallest absolute Gasteiger partial charge is 0.291 e. The zero-order valence-corrected chi connectivity index (χ0v) is 14.7. The number of carbonyl (C=O) groups excluding carboxylic acids is 1. The van der Waals surface area contributed by atoms with Crippen molar-refractivity contribution in [1.29, 1.82) is 0 Å². The van der Waals surface area contributed by atoms with Crippen LogP contribution in [0, 0.1) is 13.8 Å². The minimum atomic E-state index is -0.233. The fourth-order valence-corrected chi connectivity index (χ4v) is 3.12. The lowest BCUT2D eigenvalue weighted by Crippen LogP contribution is -2.11. The van der Waals surface area contributed by atoms with Crippen molar-refractivity contribution in [1.82, 2.24) is 0 Å². The molecule has 128 valence electrons. The van der Waals surface area contributed by atoms with Crippen molar-refractivity contribution < 1.29 is 9.21 Å². The maximum Gasteiger partial charge on any atom is 0.291 e. The predicted molar refractivity (Wildman–Crippen MR) is 106 cm³/mol. The summed E-state index contributed by atoms with van der Waals surface area (Å²) in [5, 5.41) is 3.90. The van der Waals surface area contributed by atoms with Gasteiger partial charge in [-0.15, -0.1) is 0 Å². The van der Waals surface area contributed by atoms with E-state index in [1.165, 1.54) is 0 Å². The van der Waals surface area contributed by atoms with Crippen LogP contribution in [0.2, 0.25) is 0 Å². The van der Waals surface area contributed by atoms with Crippen LogP contribution in [0.4, 0.5) is 5.69 Å². The highest BCUT2D eigenvalue weighted by molar-refractivity contribution is 6.06. The molecule has 3 nitrogen and oxygen atoms in total. The minimum Gasteiger partial charge on any atom is -0.451 e. The lowest BCUT2D eigenvalue weighted by atomic mass is 10.1. The van der Waals surface area contributed by atoms with E-state index in [1.807, 2.05) is 74.5 Å². The molecule has 0 spiro atoms. The van der Waals surface area contributed by atoms with E-state index in [0.29, 0.717) is 5.76 Å². The Hall–Kier alpha value is -3.33. The molecular formula is C23H19NO2. The first kappa shape index (κ1) is 16.2. The number of aryl methyl sites for hydroxylation is 2. The van der Waals surface area contributed by atoms with Gasteiger partial charge in [-0.1, -0.05) is 54.1 Å². The van der Waals surface area contributed by atoms with Gasteiger partial charge >= 0.3 is 0 Å². The fraction of sp³-hybridized carbons (Fsp3) is 0.0870. The van der Waals surface area contributed by atoms with Crippen LogP contribution < -0.4 is 5.32 Å². The first-order chi connectivity index (χ1) is 12.6. The van der Waals surface area contributed by atoms with E-state index in [9.17, 15) is 4.79 Å². The highest BCUT2D eigenvalue weighted by Crippen LogP contribution is 2.27. The average Bonchev–Trinajstić information content (AvgIpc) is 2.99. The number of rotatable bonds is 3. The van der Waals surface area contributed by atoms with Gasteiger partial charge in [0.1, 0.15) is 5.58 Å². The number of amides is 1. The molecule has 0 saturated heterocycles. The summed E-state index contributed by atoms with van der Waals surface area (Å²) < 4.78 is 5.77. The van der Waals surface area contributed by atoms with Crippen LogP contribution in [0.5, 0.6) is 0 Å². The number of fused-ring (bicyclic) bond motifs is 1. The molecule has 1 amide bonds. The lowest BCUT2D eigenvalue weighted by molar-refractivity contribution is 0.0998. The number of hydrogen-bond donors (Lipinski definition) is 1. The second-order valence-electron chi connectivity index (χ2n) is 6.45. The molecular weight excluding hydrogens is 322 g/mol. The first-order valence-corrected chi connectivity index (χ1v) is 8.58. The van der Waals surface area contributed by atoms with Crippen molar-refractivity contribution in [3.05, 3.63) is 89.7 Å². The molecule has 0 unspecified atom stereocenters. The molecule has 0 bridgehead atoms. The van der Waals surface area contributed by atoms with Crippen molar-refractivity contribution >= 4 is 22.6 Å². The van der Waals surface area contributed by atoms with Crippen LogP contribution in [-0.2, 0) is 0 Å². The number of anilines is 1. The Morgan fingerprint density at radius 3 is 2.27 bits per heavy atom. The summed E-state index contributed by atoms with van der Waals surface area (Å²) in [5.74, 6) is 0.126. The predicted octanol–water partition coefficient (Wildman–Crippen LogP) is 5.97. The van der Waals surface area contributed by atoms with Crippen LogP contribution >= 0.6 is 0 Å². The fourth-order valence-electron chi connectivity index (χ4n) is 3.12. The van der Waals surface area contributed by atoms with Gasteiger partial charge in [0.05, 0.1) is 0 Å². The van der Waals surface area contributed by atoms with E-state index in [1.54, 1.807) is 0 Å². The number of hydrogen-bond acceptors (Lipinski definition) is 2. The quantitative estimate of drug-likeness (QED) is 0.499. The summed E-state index contributed by atoms with van der Waals surface area (Å²) >= 11 is 0. The third-order valence-corrected chi connectivity index (χ3v) is 4.55. The van der Waals surface area contributed by atoms with E-state index < -0.39 is 0 Å². The van der Waals surface area contributed by atoms with Gasteiger partial charge in [0.15, 0.2) is 5.76 Å². The first-order valence-electron chi connectivity index (χ1n) is 8.58. The number of nitrogens with one attached hydrogen (secondary N) is 1. The molecule has 0 radical (unpaired) electrons. The second kappa shape index (κ2) is 6.52. The Morgan fingerprint density at radius 1 is 0.846 bits per heavy atom. The van der Waals surface area contributed by atoms with Gasteiger partial charge in [-0.25, -0.2) is 0 Å². The van der Waals surface area contributed by atoms with Gasteiger partial charge in [-0.05, 0) is 49.2 Å². The largest absolute Gasteiger partial charge is 0.451 e. The summed E-state index contributed by atoms with van der Waals surface area (Å²) in [6.07, 6.45) is 0. The topological polar surface area (TPSA) is 42.2 Å². The molecule has 0 aliphatic heterocycles. The van der Waals surface area contributed by atoms with E-state index in [-0.39, 0.29) is 5.91 Å². The summed E-state index contributed by atoms with van der Waals surface area (Å²) in [4.78, 5) is 12.6. The third kappa shape index (κ3) is 3.00. The van der Waals surface area contributed by atoms with E-state index in [4.69, 9.17) is 4.42 Å². The number of carbonyl (C=O) groups is 1.